The highest BCUT2D eigenvalue weighted by Crippen LogP contribution is 2.21. The normalized spacial score (nSPS) is 15.1. The molecule has 1 heterocycles. The Labute approximate surface area is 174 Å². The van der Waals surface area contributed by atoms with Gasteiger partial charge in [-0.1, -0.05) is 0 Å². The minimum atomic E-state index is -3.55. The van der Waals surface area contributed by atoms with Gasteiger partial charge in [-0.3, -0.25) is 4.79 Å². The molecule has 0 spiro atoms. The average molecular weight is 439 g/mol. The number of ether oxygens (including phenoxy) is 1. The number of halogens is 2. The number of methoxy groups -OCH3 is 1. The van der Waals surface area contributed by atoms with Crippen molar-refractivity contribution in [3.8, 4) is 5.75 Å². The van der Waals surface area contributed by atoms with Crippen molar-refractivity contribution in [2.45, 2.75) is 0 Å². The summed E-state index contributed by atoms with van der Waals surface area (Å²) in [5.74, 6) is -2.36. The molecule has 3 rings (SSSR count). The van der Waals surface area contributed by atoms with Crippen molar-refractivity contribution in [1.82, 2.24) is 9.62 Å². The summed E-state index contributed by atoms with van der Waals surface area (Å²) in [4.78, 5) is 14.1. The minimum Gasteiger partial charge on any atom is -0.497 e. The molecule has 0 unspecified atom stereocenters. The number of carbonyl (C=O) groups excluding carboxylic acids is 1. The van der Waals surface area contributed by atoms with E-state index in [9.17, 15) is 22.0 Å². The summed E-state index contributed by atoms with van der Waals surface area (Å²) in [6, 6.07) is 10.3. The van der Waals surface area contributed by atoms with Crippen LogP contribution in [0.4, 0.5) is 14.5 Å². The molecule has 7 nitrogen and oxygen atoms in total. The molecule has 1 amide bonds. The number of nitrogens with zero attached hydrogens (tertiary/aromatic N) is 2. The zero-order valence-electron chi connectivity index (χ0n) is 16.5. The molecule has 2 aromatic carbocycles. The van der Waals surface area contributed by atoms with Crippen LogP contribution in [0.1, 0.15) is 10.4 Å². The van der Waals surface area contributed by atoms with Crippen LogP contribution >= 0.6 is 0 Å². The van der Waals surface area contributed by atoms with Crippen LogP contribution in [0.2, 0.25) is 0 Å². The van der Waals surface area contributed by atoms with E-state index in [1.807, 2.05) is 24.3 Å². The third kappa shape index (κ3) is 5.25. The van der Waals surface area contributed by atoms with Crippen molar-refractivity contribution in [1.29, 1.82) is 0 Å². The molecule has 0 bridgehead atoms. The average Bonchev–Trinajstić information content (AvgIpc) is 2.75. The number of piperazine rings is 1. The third-order valence-electron chi connectivity index (χ3n) is 4.90. The van der Waals surface area contributed by atoms with Gasteiger partial charge in [0.25, 0.3) is 5.91 Å². The van der Waals surface area contributed by atoms with Gasteiger partial charge in [0.2, 0.25) is 10.0 Å². The first-order valence-corrected chi connectivity index (χ1v) is 11.0. The smallest absolute Gasteiger partial charge is 0.251 e. The van der Waals surface area contributed by atoms with E-state index in [1.165, 1.54) is 4.31 Å². The number of rotatable bonds is 7. The minimum absolute atomic E-state index is 0.0700. The second kappa shape index (κ2) is 9.40. The van der Waals surface area contributed by atoms with Gasteiger partial charge in [-0.25, -0.2) is 17.2 Å². The lowest BCUT2D eigenvalue weighted by atomic mass is 10.2. The van der Waals surface area contributed by atoms with Gasteiger partial charge in [0.05, 0.1) is 12.9 Å². The van der Waals surface area contributed by atoms with Crippen molar-refractivity contribution < 1.29 is 26.7 Å². The fourth-order valence-corrected chi connectivity index (χ4v) is 4.52. The molecule has 0 saturated carbocycles. The molecule has 0 radical (unpaired) electrons. The molecule has 162 valence electrons. The number of hydrogen-bond donors (Lipinski definition) is 1. The second-order valence-corrected chi connectivity index (χ2v) is 8.87. The van der Waals surface area contributed by atoms with Crippen molar-refractivity contribution in [3.05, 3.63) is 59.7 Å². The van der Waals surface area contributed by atoms with E-state index < -0.39 is 27.6 Å². The van der Waals surface area contributed by atoms with Crippen LogP contribution in [0.5, 0.6) is 5.75 Å². The second-order valence-electron chi connectivity index (χ2n) is 6.78. The zero-order valence-corrected chi connectivity index (χ0v) is 17.3. The van der Waals surface area contributed by atoms with E-state index in [0.717, 1.165) is 29.6 Å². The first-order valence-electron chi connectivity index (χ1n) is 9.40. The molecule has 10 heteroatoms. The van der Waals surface area contributed by atoms with E-state index in [1.54, 1.807) is 7.11 Å². The largest absolute Gasteiger partial charge is 0.497 e. The predicted octanol–water partition coefficient (Wildman–Crippen LogP) is 1.86. The number of hydrogen-bond acceptors (Lipinski definition) is 5. The Kier molecular flexibility index (Phi) is 6.88. The Morgan fingerprint density at radius 1 is 1.03 bits per heavy atom. The van der Waals surface area contributed by atoms with Crippen molar-refractivity contribution >= 4 is 21.6 Å². The fraction of sp³-hybridized carbons (Fsp3) is 0.350. The Balaban J connectivity index is 1.49. The van der Waals surface area contributed by atoms with Gasteiger partial charge in [0.15, 0.2) is 11.6 Å². The summed E-state index contributed by atoms with van der Waals surface area (Å²) in [6.45, 7) is 1.65. The van der Waals surface area contributed by atoms with Crippen LogP contribution < -0.4 is 15.0 Å². The highest BCUT2D eigenvalue weighted by molar-refractivity contribution is 7.89. The van der Waals surface area contributed by atoms with E-state index in [0.29, 0.717) is 26.2 Å². The van der Waals surface area contributed by atoms with Gasteiger partial charge in [0, 0.05) is 44.0 Å². The van der Waals surface area contributed by atoms with Crippen LogP contribution in [0.3, 0.4) is 0 Å². The summed E-state index contributed by atoms with van der Waals surface area (Å²) >= 11 is 0. The quantitative estimate of drug-likeness (QED) is 0.713. The lowest BCUT2D eigenvalue weighted by Gasteiger charge is -2.35. The number of benzene rings is 2. The molecule has 1 saturated heterocycles. The first-order chi connectivity index (χ1) is 14.3. The lowest BCUT2D eigenvalue weighted by Crippen LogP contribution is -2.50. The topological polar surface area (TPSA) is 79.0 Å². The standard InChI is InChI=1S/C20H23F2N3O4S/c1-29-17-5-3-16(4-6-17)24-9-11-25(12-10-24)30(27,28)13-8-23-20(26)15-2-7-18(21)19(22)14-15/h2-7,14H,8-13H2,1H3,(H,23,26). The Hall–Kier alpha value is -2.72. The van der Waals surface area contributed by atoms with Crippen LogP contribution in [0.15, 0.2) is 42.5 Å². The summed E-state index contributed by atoms with van der Waals surface area (Å²) in [7, 11) is -1.96. The van der Waals surface area contributed by atoms with E-state index in [2.05, 4.69) is 10.2 Å². The molecule has 30 heavy (non-hydrogen) atoms. The highest BCUT2D eigenvalue weighted by Gasteiger charge is 2.27. The van der Waals surface area contributed by atoms with Gasteiger partial charge >= 0.3 is 0 Å². The predicted molar refractivity (Wildman–Crippen MR) is 109 cm³/mol. The van der Waals surface area contributed by atoms with Gasteiger partial charge in [-0.2, -0.15) is 4.31 Å². The van der Waals surface area contributed by atoms with Gasteiger partial charge < -0.3 is 15.0 Å². The van der Waals surface area contributed by atoms with Gasteiger partial charge in [-0.05, 0) is 42.5 Å². The van der Waals surface area contributed by atoms with Gasteiger partial charge in [0.1, 0.15) is 5.75 Å². The molecule has 1 aliphatic rings. The fourth-order valence-electron chi connectivity index (χ4n) is 3.18. The molecule has 1 fully saturated rings. The Morgan fingerprint density at radius 2 is 1.70 bits per heavy atom. The zero-order chi connectivity index (χ0) is 21.7. The maximum Gasteiger partial charge on any atom is 0.251 e. The maximum atomic E-state index is 13.2. The number of sulfonamides is 1. The van der Waals surface area contributed by atoms with E-state index >= 15 is 0 Å². The van der Waals surface area contributed by atoms with Crippen LogP contribution in [0.25, 0.3) is 0 Å². The highest BCUT2D eigenvalue weighted by atomic mass is 32.2. The number of amides is 1. The monoisotopic (exact) mass is 439 g/mol. The number of nitrogens with one attached hydrogen (secondary N) is 1. The number of anilines is 1. The van der Waals surface area contributed by atoms with Crippen LogP contribution in [-0.4, -0.2) is 64.2 Å². The SMILES string of the molecule is COc1ccc(N2CCN(S(=O)(=O)CCNC(=O)c3ccc(F)c(F)c3)CC2)cc1. The molecular formula is C20H23F2N3O4S. The van der Waals surface area contributed by atoms with Crippen molar-refractivity contribution in [2.24, 2.45) is 0 Å². The van der Waals surface area contributed by atoms with Crippen molar-refractivity contribution in [3.63, 3.8) is 0 Å². The number of carbonyl (C=O) groups is 1. The molecular weight excluding hydrogens is 416 g/mol. The Bertz CT molecular complexity index is 992. The maximum absolute atomic E-state index is 13.2. The summed E-state index contributed by atoms with van der Waals surface area (Å²) in [5, 5.41) is 2.43. The third-order valence-corrected chi connectivity index (χ3v) is 6.77. The molecule has 2 aromatic rings. The molecule has 0 aromatic heterocycles. The Morgan fingerprint density at radius 3 is 2.30 bits per heavy atom. The molecule has 0 atom stereocenters. The molecule has 1 N–H and O–H groups in total. The van der Waals surface area contributed by atoms with E-state index in [4.69, 9.17) is 4.74 Å². The van der Waals surface area contributed by atoms with Crippen LogP contribution in [-0.2, 0) is 10.0 Å². The lowest BCUT2D eigenvalue weighted by molar-refractivity contribution is 0.0955. The summed E-state index contributed by atoms with van der Waals surface area (Å²) in [5.41, 5.74) is 0.922. The van der Waals surface area contributed by atoms with Crippen LogP contribution in [0, 0.1) is 11.6 Å². The van der Waals surface area contributed by atoms with Crippen molar-refractivity contribution in [2.75, 3.05) is 50.5 Å². The first kappa shape index (κ1) is 22.0. The van der Waals surface area contributed by atoms with Gasteiger partial charge in [-0.15, -0.1) is 0 Å². The summed E-state index contributed by atoms with van der Waals surface area (Å²) < 4.78 is 57.8. The molecule has 0 aliphatic carbocycles. The molecule has 1 aliphatic heterocycles. The summed E-state index contributed by atoms with van der Waals surface area (Å²) in [6.07, 6.45) is 0. The van der Waals surface area contributed by atoms with E-state index in [-0.39, 0.29) is 17.9 Å².